The molecule has 3 aliphatic carbocycles. The second-order valence-corrected chi connectivity index (χ2v) is 10.3. The van der Waals surface area contributed by atoms with E-state index < -0.39 is 6.43 Å². The molecule has 2 aromatic rings. The zero-order chi connectivity index (χ0) is 22.0. The molecule has 1 nitrogen and oxygen atoms in total. The molecular weight excluding hydrogens is 390 g/mol. The molecule has 0 heterocycles. The Labute approximate surface area is 183 Å². The molecule has 2 saturated carbocycles. The number of benzene rings is 2. The van der Waals surface area contributed by atoms with Crippen molar-refractivity contribution in [3.63, 3.8) is 0 Å². The highest BCUT2D eigenvalue weighted by Crippen LogP contribution is 2.60. The number of allylic oxidation sites excluding steroid dienone is 1. The summed E-state index contributed by atoms with van der Waals surface area (Å²) < 4.78 is 28.3. The molecule has 0 aliphatic heterocycles. The van der Waals surface area contributed by atoms with Gasteiger partial charge >= 0.3 is 0 Å². The first kappa shape index (κ1) is 20.5. The Hall–Kier alpha value is -2.42. The molecule has 1 spiro atoms. The quantitative estimate of drug-likeness (QED) is 0.494. The van der Waals surface area contributed by atoms with Crippen molar-refractivity contribution in [2.24, 2.45) is 0 Å². The van der Waals surface area contributed by atoms with Crippen LogP contribution in [0.25, 0.3) is 11.3 Å². The largest absolute Gasteiger partial charge is 0.507 e. The summed E-state index contributed by atoms with van der Waals surface area (Å²) in [7, 11) is 0. The topological polar surface area (TPSA) is 20.2 Å². The standard InChI is InChI=1S/C28H30F2O/c1-17(18-7-9-20(10-8-18)25(31)19-5-4-6-19)21-15-24-23(16-22(21)26(29)30)27(2,3)11-12-28(24)13-14-28/h7-10,15-16,26,31H,1,4-6,11-14H2,2-3H3. The molecule has 2 fully saturated rings. The molecule has 0 unspecified atom stereocenters. The van der Waals surface area contributed by atoms with Crippen molar-refractivity contribution in [2.75, 3.05) is 0 Å². The van der Waals surface area contributed by atoms with Crippen LogP contribution in [0.2, 0.25) is 0 Å². The molecule has 0 bridgehead atoms. The van der Waals surface area contributed by atoms with Crippen LogP contribution in [0.1, 0.15) is 98.6 Å². The predicted octanol–water partition coefficient (Wildman–Crippen LogP) is 8.24. The average molecular weight is 421 g/mol. The van der Waals surface area contributed by atoms with Crippen molar-refractivity contribution in [1.29, 1.82) is 0 Å². The maximum absolute atomic E-state index is 14.2. The van der Waals surface area contributed by atoms with Crippen LogP contribution < -0.4 is 0 Å². The van der Waals surface area contributed by atoms with Crippen molar-refractivity contribution < 1.29 is 13.9 Å². The van der Waals surface area contributed by atoms with Crippen molar-refractivity contribution in [3.05, 3.63) is 81.9 Å². The normalized spacial score (nSPS) is 20.4. The van der Waals surface area contributed by atoms with E-state index in [4.69, 9.17) is 0 Å². The van der Waals surface area contributed by atoms with Gasteiger partial charge in [0.25, 0.3) is 6.43 Å². The van der Waals surface area contributed by atoms with Gasteiger partial charge in [0.2, 0.25) is 0 Å². The molecule has 0 atom stereocenters. The fourth-order valence-electron chi connectivity index (χ4n) is 5.33. The van der Waals surface area contributed by atoms with Crippen molar-refractivity contribution in [3.8, 4) is 0 Å². The molecule has 0 amide bonds. The lowest BCUT2D eigenvalue weighted by Gasteiger charge is -2.38. The van der Waals surface area contributed by atoms with E-state index in [0.29, 0.717) is 16.9 Å². The zero-order valence-electron chi connectivity index (χ0n) is 18.4. The van der Waals surface area contributed by atoms with Crippen LogP contribution in [0.15, 0.2) is 48.6 Å². The first-order chi connectivity index (χ1) is 14.7. The molecule has 0 radical (unpaired) electrons. The zero-order valence-corrected chi connectivity index (χ0v) is 18.4. The van der Waals surface area contributed by atoms with Crippen LogP contribution in [-0.2, 0) is 10.8 Å². The molecule has 5 rings (SSSR count). The highest BCUT2D eigenvalue weighted by atomic mass is 19.3. The maximum Gasteiger partial charge on any atom is 0.264 e. The van der Waals surface area contributed by atoms with Gasteiger partial charge in [-0.15, -0.1) is 0 Å². The molecule has 3 heteroatoms. The van der Waals surface area contributed by atoms with Crippen LogP contribution in [0, 0.1) is 0 Å². The number of fused-ring (bicyclic) bond motifs is 2. The monoisotopic (exact) mass is 420 g/mol. The van der Waals surface area contributed by atoms with Gasteiger partial charge in [-0.25, -0.2) is 8.78 Å². The first-order valence-corrected chi connectivity index (χ1v) is 11.4. The van der Waals surface area contributed by atoms with Gasteiger partial charge in [0.05, 0.1) is 0 Å². The number of rotatable bonds is 4. The predicted molar refractivity (Wildman–Crippen MR) is 123 cm³/mol. The number of aliphatic hydroxyl groups is 1. The van der Waals surface area contributed by atoms with E-state index in [1.54, 1.807) is 6.07 Å². The Morgan fingerprint density at radius 3 is 2.10 bits per heavy atom. The summed E-state index contributed by atoms with van der Waals surface area (Å²) in [5.41, 5.74) is 6.42. The van der Waals surface area contributed by atoms with E-state index in [-0.39, 0.29) is 16.4 Å². The van der Waals surface area contributed by atoms with E-state index in [1.807, 2.05) is 30.3 Å². The molecule has 3 aliphatic rings. The molecule has 0 saturated heterocycles. The summed E-state index contributed by atoms with van der Waals surface area (Å²) in [6, 6.07) is 11.3. The molecular formula is C28H30F2O. The average Bonchev–Trinajstić information content (AvgIpc) is 3.49. The third-order valence-corrected chi connectivity index (χ3v) is 7.93. The minimum atomic E-state index is -2.54. The summed E-state index contributed by atoms with van der Waals surface area (Å²) in [4.78, 5) is 0. The Morgan fingerprint density at radius 2 is 1.55 bits per heavy atom. The molecule has 31 heavy (non-hydrogen) atoms. The number of hydrogen-bond acceptors (Lipinski definition) is 1. The maximum atomic E-state index is 14.2. The van der Waals surface area contributed by atoms with E-state index >= 15 is 0 Å². The van der Waals surface area contributed by atoms with E-state index in [2.05, 4.69) is 20.4 Å². The smallest absolute Gasteiger partial charge is 0.264 e. The Kier molecular flexibility index (Phi) is 4.66. The number of alkyl halides is 2. The number of halogens is 2. The Balaban J connectivity index is 1.56. The van der Waals surface area contributed by atoms with E-state index in [9.17, 15) is 13.9 Å². The summed E-state index contributed by atoms with van der Waals surface area (Å²) in [5, 5.41) is 10.4. The molecule has 2 aromatic carbocycles. The van der Waals surface area contributed by atoms with Gasteiger partial charge < -0.3 is 5.11 Å². The van der Waals surface area contributed by atoms with Crippen molar-refractivity contribution in [1.82, 2.24) is 0 Å². The molecule has 0 aromatic heterocycles. The lowest BCUT2D eigenvalue weighted by atomic mass is 9.66. The summed E-state index contributed by atoms with van der Waals surface area (Å²) in [6.07, 6.45) is 4.96. The lowest BCUT2D eigenvalue weighted by Crippen LogP contribution is -2.30. The van der Waals surface area contributed by atoms with Crippen LogP contribution >= 0.6 is 0 Å². The number of aliphatic hydroxyl groups excluding tert-OH is 1. The third-order valence-electron chi connectivity index (χ3n) is 7.93. The fourth-order valence-corrected chi connectivity index (χ4v) is 5.33. The first-order valence-electron chi connectivity index (χ1n) is 11.4. The van der Waals surface area contributed by atoms with Gasteiger partial charge in [-0.2, -0.15) is 0 Å². The third kappa shape index (κ3) is 3.33. The van der Waals surface area contributed by atoms with Crippen molar-refractivity contribution in [2.45, 2.75) is 76.0 Å². The molecule has 162 valence electrons. The summed E-state index contributed by atoms with van der Waals surface area (Å²) >= 11 is 0. The highest BCUT2D eigenvalue weighted by Gasteiger charge is 2.51. The van der Waals surface area contributed by atoms with E-state index in [0.717, 1.165) is 67.2 Å². The molecule has 1 N–H and O–H groups in total. The van der Waals surface area contributed by atoms with Gasteiger partial charge in [0.15, 0.2) is 0 Å². The lowest BCUT2D eigenvalue weighted by molar-refractivity contribution is 0.150. The van der Waals surface area contributed by atoms with E-state index in [1.165, 1.54) is 5.56 Å². The minimum Gasteiger partial charge on any atom is -0.507 e. The summed E-state index contributed by atoms with van der Waals surface area (Å²) in [5.74, 6) is 0.364. The van der Waals surface area contributed by atoms with Gasteiger partial charge in [-0.1, -0.05) is 44.7 Å². The van der Waals surface area contributed by atoms with Crippen LogP contribution in [0.4, 0.5) is 8.78 Å². The fraction of sp³-hybridized carbons (Fsp3) is 0.429. The van der Waals surface area contributed by atoms with Gasteiger partial charge in [-0.05, 0) is 101 Å². The van der Waals surface area contributed by atoms with Crippen LogP contribution in [0.3, 0.4) is 0 Å². The van der Waals surface area contributed by atoms with Gasteiger partial charge in [0.1, 0.15) is 5.76 Å². The SMILES string of the molecule is C=C(c1ccc(C(O)=C2CCC2)cc1)c1cc2c(cc1C(F)F)C(C)(C)CCC21CC1. The van der Waals surface area contributed by atoms with Gasteiger partial charge in [0, 0.05) is 11.1 Å². The second-order valence-electron chi connectivity index (χ2n) is 10.3. The van der Waals surface area contributed by atoms with Crippen LogP contribution in [0.5, 0.6) is 0 Å². The minimum absolute atomic E-state index is 0.0815. The van der Waals surface area contributed by atoms with Crippen LogP contribution in [-0.4, -0.2) is 5.11 Å². The second kappa shape index (κ2) is 7.05. The summed E-state index contributed by atoms with van der Waals surface area (Å²) in [6.45, 7) is 8.57. The van der Waals surface area contributed by atoms with Gasteiger partial charge in [-0.3, -0.25) is 0 Å². The highest BCUT2D eigenvalue weighted by molar-refractivity contribution is 5.82. The van der Waals surface area contributed by atoms with Crippen molar-refractivity contribution >= 4 is 11.3 Å². The number of hydrogen-bond donors (Lipinski definition) is 1. The Bertz CT molecular complexity index is 1080. The Morgan fingerprint density at radius 1 is 0.935 bits per heavy atom.